The second-order valence-corrected chi connectivity index (χ2v) is 8.55. The molecule has 3 rings (SSSR count). The van der Waals surface area contributed by atoms with Gasteiger partial charge in [0.15, 0.2) is 11.5 Å². The van der Waals surface area contributed by atoms with Gasteiger partial charge in [-0.3, -0.25) is 19.3 Å². The van der Waals surface area contributed by atoms with Crippen LogP contribution in [0, 0.1) is 0 Å². The molecule has 33 heavy (non-hydrogen) atoms. The molecule has 2 amide bonds. The number of carbonyl (C=O) groups is 3. The highest BCUT2D eigenvalue weighted by Crippen LogP contribution is 2.39. The standard InChI is InChI=1S/C24H24ClNO6S/c1-3-4-10-31-21(27)14-26-23(28)20(33-24(26)29)13-17-11-18(25)22(19(12-17)30-2)32-15-16-8-6-5-7-9-16/h5-9,11-13H,3-4,10,14-15H2,1-2H3/b20-13-. The van der Waals surface area contributed by atoms with Crippen molar-refractivity contribution >= 4 is 46.6 Å². The SMILES string of the molecule is CCCCOC(=O)CN1C(=O)S/C(=C\c2cc(Cl)c(OCc3ccccc3)c(OC)c2)C1=O. The Labute approximate surface area is 201 Å². The second kappa shape index (κ2) is 11.8. The number of rotatable bonds is 10. The van der Waals surface area contributed by atoms with Crippen LogP contribution in [0.15, 0.2) is 47.4 Å². The van der Waals surface area contributed by atoms with Crippen LogP contribution in [0.25, 0.3) is 6.08 Å². The highest BCUT2D eigenvalue weighted by Gasteiger charge is 2.36. The van der Waals surface area contributed by atoms with Gasteiger partial charge >= 0.3 is 5.97 Å². The monoisotopic (exact) mass is 489 g/mol. The van der Waals surface area contributed by atoms with Crippen molar-refractivity contribution in [2.45, 2.75) is 26.4 Å². The lowest BCUT2D eigenvalue weighted by Gasteiger charge is -2.14. The largest absolute Gasteiger partial charge is 0.493 e. The Bertz CT molecular complexity index is 1060. The van der Waals surface area contributed by atoms with Crippen LogP contribution < -0.4 is 9.47 Å². The summed E-state index contributed by atoms with van der Waals surface area (Å²) in [6, 6.07) is 12.9. The van der Waals surface area contributed by atoms with E-state index in [1.54, 1.807) is 12.1 Å². The molecular formula is C24H24ClNO6S. The van der Waals surface area contributed by atoms with E-state index in [0.29, 0.717) is 28.7 Å². The molecule has 9 heteroatoms. The maximum atomic E-state index is 12.7. The van der Waals surface area contributed by atoms with E-state index in [0.717, 1.165) is 35.1 Å². The fourth-order valence-electron chi connectivity index (χ4n) is 2.99. The lowest BCUT2D eigenvalue weighted by atomic mass is 10.1. The van der Waals surface area contributed by atoms with Gasteiger partial charge < -0.3 is 14.2 Å². The molecule has 0 aromatic heterocycles. The Balaban J connectivity index is 1.73. The topological polar surface area (TPSA) is 82.1 Å². The molecule has 174 valence electrons. The fourth-order valence-corrected chi connectivity index (χ4v) is 4.10. The minimum atomic E-state index is -0.614. The van der Waals surface area contributed by atoms with Crippen LogP contribution in [-0.2, 0) is 20.9 Å². The normalized spacial score (nSPS) is 14.6. The molecule has 0 aliphatic carbocycles. The van der Waals surface area contributed by atoms with Crippen molar-refractivity contribution in [2.24, 2.45) is 0 Å². The van der Waals surface area contributed by atoms with Crippen LogP contribution >= 0.6 is 23.4 Å². The molecule has 1 aliphatic heterocycles. The van der Waals surface area contributed by atoms with E-state index in [9.17, 15) is 14.4 Å². The molecule has 0 bridgehead atoms. The highest BCUT2D eigenvalue weighted by molar-refractivity contribution is 8.18. The lowest BCUT2D eigenvalue weighted by molar-refractivity contribution is -0.146. The second-order valence-electron chi connectivity index (χ2n) is 7.15. The zero-order valence-corrected chi connectivity index (χ0v) is 19.9. The van der Waals surface area contributed by atoms with Gasteiger partial charge in [0, 0.05) is 0 Å². The van der Waals surface area contributed by atoms with Crippen LogP contribution in [-0.4, -0.2) is 42.3 Å². The summed E-state index contributed by atoms with van der Waals surface area (Å²) < 4.78 is 16.3. The first-order valence-electron chi connectivity index (χ1n) is 10.4. The number of hydrogen-bond donors (Lipinski definition) is 0. The summed E-state index contributed by atoms with van der Waals surface area (Å²) in [5, 5.41) is -0.227. The number of nitrogens with zero attached hydrogens (tertiary/aromatic N) is 1. The third-order valence-electron chi connectivity index (χ3n) is 4.70. The fraction of sp³-hybridized carbons (Fsp3) is 0.292. The van der Waals surface area contributed by atoms with Crippen LogP contribution in [0.1, 0.15) is 30.9 Å². The Morgan fingerprint density at radius 1 is 1.18 bits per heavy atom. The maximum absolute atomic E-state index is 12.7. The number of thioether (sulfide) groups is 1. The van der Waals surface area contributed by atoms with Crippen LogP contribution in [0.2, 0.25) is 5.02 Å². The maximum Gasteiger partial charge on any atom is 0.326 e. The van der Waals surface area contributed by atoms with Crippen molar-refractivity contribution in [1.29, 1.82) is 0 Å². The number of imide groups is 1. The number of hydrogen-bond acceptors (Lipinski definition) is 7. The Morgan fingerprint density at radius 3 is 2.64 bits per heavy atom. The molecule has 0 atom stereocenters. The smallest absolute Gasteiger partial charge is 0.326 e. The quantitative estimate of drug-likeness (QED) is 0.254. The number of benzene rings is 2. The molecule has 0 unspecified atom stereocenters. The Morgan fingerprint density at radius 2 is 1.94 bits per heavy atom. The van der Waals surface area contributed by atoms with E-state index in [2.05, 4.69) is 0 Å². The molecule has 7 nitrogen and oxygen atoms in total. The summed E-state index contributed by atoms with van der Waals surface area (Å²) in [6.45, 7) is 2.13. The van der Waals surface area contributed by atoms with Gasteiger partial charge in [-0.15, -0.1) is 0 Å². The number of amides is 2. The van der Waals surface area contributed by atoms with E-state index in [-0.39, 0.29) is 11.5 Å². The highest BCUT2D eigenvalue weighted by atomic mass is 35.5. The van der Waals surface area contributed by atoms with Crippen molar-refractivity contribution < 1.29 is 28.6 Å². The molecule has 1 heterocycles. The minimum absolute atomic E-state index is 0.178. The Hall–Kier alpha value is -2.97. The summed E-state index contributed by atoms with van der Waals surface area (Å²) in [7, 11) is 1.49. The molecule has 2 aromatic carbocycles. The van der Waals surface area contributed by atoms with Gasteiger partial charge in [0.05, 0.1) is 23.6 Å². The molecule has 0 N–H and O–H groups in total. The third-order valence-corrected chi connectivity index (χ3v) is 5.89. The number of halogens is 1. The van der Waals surface area contributed by atoms with Gasteiger partial charge in [0.2, 0.25) is 0 Å². The summed E-state index contributed by atoms with van der Waals surface area (Å²) in [6.07, 6.45) is 3.13. The molecule has 1 saturated heterocycles. The first-order chi connectivity index (χ1) is 15.9. The predicted octanol–water partition coefficient (Wildman–Crippen LogP) is 5.31. The number of esters is 1. The number of methoxy groups -OCH3 is 1. The first-order valence-corrected chi connectivity index (χ1v) is 11.6. The lowest BCUT2D eigenvalue weighted by Crippen LogP contribution is -2.34. The van der Waals surface area contributed by atoms with Crippen molar-refractivity contribution in [3.63, 3.8) is 0 Å². The van der Waals surface area contributed by atoms with Gasteiger partial charge in [0.25, 0.3) is 11.1 Å². The van der Waals surface area contributed by atoms with Gasteiger partial charge in [-0.1, -0.05) is 55.3 Å². The summed E-state index contributed by atoms with van der Waals surface area (Å²) in [5.74, 6) is -0.403. The first kappa shape index (κ1) is 24.7. The van der Waals surface area contributed by atoms with E-state index in [4.69, 9.17) is 25.8 Å². The van der Waals surface area contributed by atoms with E-state index < -0.39 is 23.7 Å². The molecular weight excluding hydrogens is 466 g/mol. The van der Waals surface area contributed by atoms with Crippen molar-refractivity contribution in [2.75, 3.05) is 20.3 Å². The van der Waals surface area contributed by atoms with Crippen molar-refractivity contribution in [1.82, 2.24) is 4.90 Å². The summed E-state index contributed by atoms with van der Waals surface area (Å²) in [5.41, 5.74) is 1.53. The van der Waals surface area contributed by atoms with Crippen LogP contribution in [0.4, 0.5) is 4.79 Å². The summed E-state index contributed by atoms with van der Waals surface area (Å²) in [4.78, 5) is 37.9. The molecule has 0 spiro atoms. The van der Waals surface area contributed by atoms with Crippen molar-refractivity contribution in [3.8, 4) is 11.5 Å². The van der Waals surface area contributed by atoms with E-state index in [1.807, 2.05) is 37.3 Å². The average molecular weight is 490 g/mol. The number of ether oxygens (including phenoxy) is 3. The van der Waals surface area contributed by atoms with E-state index >= 15 is 0 Å². The van der Waals surface area contributed by atoms with Gasteiger partial charge in [-0.05, 0) is 47.5 Å². The molecule has 0 radical (unpaired) electrons. The van der Waals surface area contributed by atoms with Gasteiger partial charge in [-0.25, -0.2) is 0 Å². The zero-order valence-electron chi connectivity index (χ0n) is 18.3. The summed E-state index contributed by atoms with van der Waals surface area (Å²) >= 11 is 7.18. The molecule has 1 fully saturated rings. The predicted molar refractivity (Wildman–Crippen MR) is 127 cm³/mol. The average Bonchev–Trinajstić information content (AvgIpc) is 3.06. The van der Waals surface area contributed by atoms with Gasteiger partial charge in [-0.2, -0.15) is 0 Å². The van der Waals surface area contributed by atoms with Crippen LogP contribution in [0.5, 0.6) is 11.5 Å². The van der Waals surface area contributed by atoms with Crippen molar-refractivity contribution in [3.05, 3.63) is 63.5 Å². The van der Waals surface area contributed by atoms with E-state index in [1.165, 1.54) is 13.2 Å². The zero-order chi connectivity index (χ0) is 23.8. The molecule has 2 aromatic rings. The number of unbranched alkanes of at least 4 members (excludes halogenated alkanes) is 1. The third kappa shape index (κ3) is 6.52. The minimum Gasteiger partial charge on any atom is -0.493 e. The van der Waals surface area contributed by atoms with Crippen LogP contribution in [0.3, 0.4) is 0 Å². The number of carbonyl (C=O) groups excluding carboxylic acids is 3. The Kier molecular flexibility index (Phi) is 8.79. The molecule has 1 aliphatic rings. The molecule has 0 saturated carbocycles. The van der Waals surface area contributed by atoms with Gasteiger partial charge in [0.1, 0.15) is 13.2 Å².